The van der Waals surface area contributed by atoms with Gasteiger partial charge < -0.3 is 9.64 Å². The van der Waals surface area contributed by atoms with E-state index in [1.165, 1.54) is 66.7 Å². The van der Waals surface area contributed by atoms with Gasteiger partial charge in [-0.3, -0.25) is 4.68 Å². The van der Waals surface area contributed by atoms with Crippen LogP contribution in [0.25, 0.3) is 11.0 Å². The Morgan fingerprint density at radius 1 is 0.974 bits per heavy atom. The average molecular weight is 525 g/mol. The molecule has 0 radical (unpaired) electrons. The fraction of sp³-hybridized carbons (Fsp3) is 0.531. The van der Waals surface area contributed by atoms with Crippen molar-refractivity contribution >= 4 is 16.7 Å². The predicted octanol–water partition coefficient (Wildman–Crippen LogP) is 6.22. The summed E-state index contributed by atoms with van der Waals surface area (Å²) in [6, 6.07) is 10.4. The predicted molar refractivity (Wildman–Crippen MR) is 154 cm³/mol. The number of aromatic nitrogens is 5. The highest BCUT2D eigenvalue weighted by Gasteiger charge is 2.46. The van der Waals surface area contributed by atoms with Crippen LogP contribution in [0.4, 0.5) is 5.69 Å². The molecule has 39 heavy (non-hydrogen) atoms. The minimum absolute atomic E-state index is 0.466. The summed E-state index contributed by atoms with van der Waals surface area (Å²) in [4.78, 5) is 7.43. The first-order valence-corrected chi connectivity index (χ1v) is 14.6. The van der Waals surface area contributed by atoms with Gasteiger partial charge in [-0.2, -0.15) is 10.2 Å². The van der Waals surface area contributed by atoms with Crippen molar-refractivity contribution in [3.8, 4) is 5.75 Å². The minimum atomic E-state index is 0.466. The van der Waals surface area contributed by atoms with Crippen molar-refractivity contribution in [3.05, 3.63) is 64.7 Å². The summed E-state index contributed by atoms with van der Waals surface area (Å²) in [5, 5.41) is 11.0. The molecule has 7 nitrogen and oxygen atoms in total. The van der Waals surface area contributed by atoms with Crippen LogP contribution in [0.2, 0.25) is 0 Å². The van der Waals surface area contributed by atoms with Crippen molar-refractivity contribution in [2.45, 2.75) is 85.4 Å². The first-order valence-electron chi connectivity index (χ1n) is 14.6. The number of benzene rings is 1. The largest absolute Gasteiger partial charge is 0.497 e. The molecule has 1 aromatic carbocycles. The SMILES string of the molecule is COc1ccc(Cn2ncc3c(N4CCc5c(c(C)nn5CC56CCC(C)(CC5)CC6)C4)cc(C)nc32)cc1. The van der Waals surface area contributed by atoms with E-state index < -0.39 is 0 Å². The number of methoxy groups -OCH3 is 1. The van der Waals surface area contributed by atoms with E-state index in [9.17, 15) is 0 Å². The van der Waals surface area contributed by atoms with Crippen LogP contribution in [0, 0.1) is 24.7 Å². The first-order chi connectivity index (χ1) is 18.8. The van der Waals surface area contributed by atoms with Crippen molar-refractivity contribution < 1.29 is 4.74 Å². The zero-order valence-electron chi connectivity index (χ0n) is 23.8. The van der Waals surface area contributed by atoms with E-state index in [-0.39, 0.29) is 0 Å². The summed E-state index contributed by atoms with van der Waals surface area (Å²) in [5.74, 6) is 0.864. The summed E-state index contributed by atoms with van der Waals surface area (Å²) in [7, 11) is 1.69. The summed E-state index contributed by atoms with van der Waals surface area (Å²) >= 11 is 0. The molecule has 4 aromatic rings. The lowest BCUT2D eigenvalue weighted by molar-refractivity contribution is -0.0111. The van der Waals surface area contributed by atoms with E-state index in [1.54, 1.807) is 7.11 Å². The monoisotopic (exact) mass is 524 g/mol. The molecule has 0 spiro atoms. The molecule has 8 rings (SSSR count). The molecule has 3 fully saturated rings. The summed E-state index contributed by atoms with van der Waals surface area (Å²) in [6.07, 6.45) is 11.3. The van der Waals surface area contributed by atoms with E-state index in [0.29, 0.717) is 17.4 Å². The Labute approximate surface area is 231 Å². The fourth-order valence-electron chi connectivity index (χ4n) is 7.44. The second-order valence-electron chi connectivity index (χ2n) is 12.8. The van der Waals surface area contributed by atoms with Crippen LogP contribution in [0.5, 0.6) is 5.75 Å². The number of aryl methyl sites for hydroxylation is 2. The van der Waals surface area contributed by atoms with Crippen LogP contribution < -0.4 is 9.64 Å². The lowest BCUT2D eigenvalue weighted by Crippen LogP contribution is -2.43. The van der Waals surface area contributed by atoms with Gasteiger partial charge in [0.25, 0.3) is 0 Å². The summed E-state index contributed by atoms with van der Waals surface area (Å²) in [6.45, 7) is 10.5. The lowest BCUT2D eigenvalue weighted by Gasteiger charge is -2.52. The maximum absolute atomic E-state index is 5.32. The normalized spacial score (nSPS) is 24.4. The van der Waals surface area contributed by atoms with Gasteiger partial charge in [0.2, 0.25) is 0 Å². The van der Waals surface area contributed by atoms with Gasteiger partial charge in [-0.15, -0.1) is 0 Å². The minimum Gasteiger partial charge on any atom is -0.497 e. The van der Waals surface area contributed by atoms with Gasteiger partial charge in [0.1, 0.15) is 5.75 Å². The molecule has 0 saturated heterocycles. The number of anilines is 1. The van der Waals surface area contributed by atoms with Gasteiger partial charge >= 0.3 is 0 Å². The molecule has 3 aliphatic carbocycles. The molecular weight excluding hydrogens is 484 g/mol. The van der Waals surface area contributed by atoms with Gasteiger partial charge in [0.05, 0.1) is 36.6 Å². The molecular formula is C32H40N6O. The number of hydrogen-bond acceptors (Lipinski definition) is 5. The number of nitrogens with zero attached hydrogens (tertiary/aromatic N) is 6. The number of fused-ring (bicyclic) bond motifs is 5. The van der Waals surface area contributed by atoms with Crippen molar-refractivity contribution in [1.29, 1.82) is 0 Å². The van der Waals surface area contributed by atoms with Crippen molar-refractivity contribution in [3.63, 3.8) is 0 Å². The van der Waals surface area contributed by atoms with Gasteiger partial charge in [-0.25, -0.2) is 9.67 Å². The van der Waals surface area contributed by atoms with Crippen molar-refractivity contribution in [1.82, 2.24) is 24.5 Å². The highest BCUT2D eigenvalue weighted by molar-refractivity contribution is 5.90. The third kappa shape index (κ3) is 4.30. The Morgan fingerprint density at radius 3 is 2.44 bits per heavy atom. The van der Waals surface area contributed by atoms with Crippen LogP contribution in [0.1, 0.15) is 73.7 Å². The summed E-state index contributed by atoms with van der Waals surface area (Å²) in [5.41, 5.74) is 9.53. The number of hydrogen-bond donors (Lipinski definition) is 0. The zero-order valence-corrected chi connectivity index (χ0v) is 23.8. The van der Waals surface area contributed by atoms with E-state index in [0.717, 1.165) is 48.5 Å². The molecule has 1 aliphatic heterocycles. The van der Waals surface area contributed by atoms with Crippen LogP contribution in [0.15, 0.2) is 36.5 Å². The second-order valence-corrected chi connectivity index (χ2v) is 12.8. The Bertz CT molecular complexity index is 1510. The standard InChI is InChI=1S/C32H40N6O/c1-22-17-29(26-18-33-37(30(26)34-22)19-24-5-7-25(39-4)8-6-24)36-16-9-28-27(20-36)23(2)35-38(28)21-32-13-10-31(3,11-14-32)12-15-32/h5-8,17-18H,9-16,19-21H2,1-4H3. The Morgan fingerprint density at radius 2 is 1.72 bits per heavy atom. The molecule has 7 heteroatoms. The zero-order chi connectivity index (χ0) is 26.8. The molecule has 3 saturated carbocycles. The van der Waals surface area contributed by atoms with Crippen LogP contribution >= 0.6 is 0 Å². The molecule has 4 heterocycles. The molecule has 4 aliphatic rings. The van der Waals surface area contributed by atoms with Gasteiger partial charge in [0.15, 0.2) is 5.65 Å². The van der Waals surface area contributed by atoms with Crippen LogP contribution in [-0.4, -0.2) is 38.2 Å². The Balaban J connectivity index is 1.15. The lowest BCUT2D eigenvalue weighted by atomic mass is 9.54. The van der Waals surface area contributed by atoms with Crippen LogP contribution in [0.3, 0.4) is 0 Å². The van der Waals surface area contributed by atoms with Crippen molar-refractivity contribution in [2.75, 3.05) is 18.6 Å². The topological polar surface area (TPSA) is 61.0 Å². The van der Waals surface area contributed by atoms with E-state index in [1.807, 2.05) is 23.0 Å². The maximum Gasteiger partial charge on any atom is 0.160 e. The smallest absolute Gasteiger partial charge is 0.160 e. The molecule has 3 aromatic heterocycles. The fourth-order valence-corrected chi connectivity index (χ4v) is 7.44. The van der Waals surface area contributed by atoms with Crippen molar-refractivity contribution in [2.24, 2.45) is 10.8 Å². The molecule has 2 bridgehead atoms. The average Bonchev–Trinajstić information content (AvgIpc) is 3.49. The Kier molecular flexibility index (Phi) is 5.76. The number of ether oxygens (including phenoxy) is 1. The highest BCUT2D eigenvalue weighted by atomic mass is 16.5. The third-order valence-electron chi connectivity index (χ3n) is 10.1. The van der Waals surface area contributed by atoms with Gasteiger partial charge in [-0.05, 0) is 87.0 Å². The molecule has 0 unspecified atom stereocenters. The van der Waals surface area contributed by atoms with E-state index >= 15 is 0 Å². The van der Waals surface area contributed by atoms with E-state index in [2.05, 4.69) is 48.6 Å². The molecule has 0 N–H and O–H groups in total. The quantitative estimate of drug-likeness (QED) is 0.299. The van der Waals surface area contributed by atoms with Gasteiger partial charge in [-0.1, -0.05) is 19.1 Å². The second kappa shape index (κ2) is 9.10. The molecule has 0 amide bonds. The van der Waals surface area contributed by atoms with E-state index in [4.69, 9.17) is 19.9 Å². The van der Waals surface area contributed by atoms with Crippen LogP contribution in [-0.2, 0) is 26.1 Å². The molecule has 0 atom stereocenters. The summed E-state index contributed by atoms with van der Waals surface area (Å²) < 4.78 is 9.75. The first kappa shape index (κ1) is 24.7. The maximum atomic E-state index is 5.32. The molecule has 204 valence electrons. The Hall–Kier alpha value is -3.35. The highest BCUT2D eigenvalue weighted by Crippen LogP contribution is 2.57. The third-order valence-corrected chi connectivity index (χ3v) is 10.1. The number of pyridine rings is 1. The number of rotatable bonds is 6. The van der Waals surface area contributed by atoms with Gasteiger partial charge in [0, 0.05) is 43.0 Å².